The van der Waals surface area contributed by atoms with Gasteiger partial charge in [0.15, 0.2) is 0 Å². The van der Waals surface area contributed by atoms with Crippen molar-refractivity contribution in [1.29, 1.82) is 5.26 Å². The van der Waals surface area contributed by atoms with E-state index in [4.69, 9.17) is 10.00 Å². The third kappa shape index (κ3) is 3.57. The fourth-order valence-electron chi connectivity index (χ4n) is 2.21. The summed E-state index contributed by atoms with van der Waals surface area (Å²) in [6.07, 6.45) is 1.75. The average Bonchev–Trinajstić information content (AvgIpc) is 2.47. The van der Waals surface area contributed by atoms with Gasteiger partial charge in [0.05, 0.1) is 16.5 Å². The number of aryl methyl sites for hydroxylation is 1. The Balaban J connectivity index is 2.11. The summed E-state index contributed by atoms with van der Waals surface area (Å²) in [5.41, 5.74) is 0.991. The first-order chi connectivity index (χ1) is 9.53. The van der Waals surface area contributed by atoms with Gasteiger partial charge in [0.1, 0.15) is 0 Å². The largest absolute Gasteiger partial charge is 0.381 e. The number of rotatable bonds is 4. The minimum absolute atomic E-state index is 0.184. The van der Waals surface area contributed by atoms with Crippen molar-refractivity contribution in [3.05, 3.63) is 29.3 Å². The number of hydrogen-bond donors (Lipinski definition) is 1. The smallest absolute Gasteiger partial charge is 0.240 e. The lowest BCUT2D eigenvalue weighted by Gasteiger charge is -2.22. The second kappa shape index (κ2) is 6.35. The van der Waals surface area contributed by atoms with Crippen LogP contribution < -0.4 is 4.72 Å². The summed E-state index contributed by atoms with van der Waals surface area (Å²) in [4.78, 5) is 0.184. The summed E-state index contributed by atoms with van der Waals surface area (Å²) in [5.74, 6) is 0.318. The number of ether oxygens (including phenoxy) is 1. The molecule has 1 N–H and O–H groups in total. The molecule has 1 aromatic rings. The summed E-state index contributed by atoms with van der Waals surface area (Å²) in [6.45, 7) is 3.52. The molecule has 0 radical (unpaired) electrons. The van der Waals surface area contributed by atoms with Gasteiger partial charge in [0, 0.05) is 19.8 Å². The lowest BCUT2D eigenvalue weighted by Crippen LogP contribution is -2.32. The molecule has 1 aromatic carbocycles. The number of nitriles is 1. The lowest BCUT2D eigenvalue weighted by atomic mass is 10.0. The Kier molecular flexibility index (Phi) is 4.76. The number of nitrogens with one attached hydrogen (secondary N) is 1. The normalized spacial score (nSPS) is 16.8. The van der Waals surface area contributed by atoms with Gasteiger partial charge < -0.3 is 4.74 Å². The van der Waals surface area contributed by atoms with Gasteiger partial charge in [-0.1, -0.05) is 6.07 Å². The van der Waals surface area contributed by atoms with E-state index < -0.39 is 10.0 Å². The highest BCUT2D eigenvalue weighted by Gasteiger charge is 2.20. The fraction of sp³-hybridized carbons (Fsp3) is 0.500. The van der Waals surface area contributed by atoms with Crippen molar-refractivity contribution in [2.45, 2.75) is 24.7 Å². The number of benzene rings is 1. The molecule has 5 nitrogen and oxygen atoms in total. The quantitative estimate of drug-likeness (QED) is 0.914. The topological polar surface area (TPSA) is 79.2 Å². The van der Waals surface area contributed by atoms with Crippen molar-refractivity contribution in [2.24, 2.45) is 5.92 Å². The van der Waals surface area contributed by atoms with Crippen LogP contribution in [0.25, 0.3) is 0 Å². The maximum Gasteiger partial charge on any atom is 0.240 e. The van der Waals surface area contributed by atoms with E-state index in [0.29, 0.717) is 36.8 Å². The highest BCUT2D eigenvalue weighted by molar-refractivity contribution is 7.89. The summed E-state index contributed by atoms with van der Waals surface area (Å²) >= 11 is 0. The Morgan fingerprint density at radius 2 is 2.10 bits per heavy atom. The first-order valence-corrected chi connectivity index (χ1v) is 8.09. The van der Waals surface area contributed by atoms with Crippen molar-refractivity contribution in [2.75, 3.05) is 19.8 Å². The van der Waals surface area contributed by atoms with Crippen LogP contribution in [0.15, 0.2) is 23.1 Å². The van der Waals surface area contributed by atoms with Crippen LogP contribution in [0.4, 0.5) is 0 Å². The van der Waals surface area contributed by atoms with E-state index in [2.05, 4.69) is 4.72 Å². The molecule has 6 heteroatoms. The van der Waals surface area contributed by atoms with Gasteiger partial charge in [0.25, 0.3) is 0 Å². The summed E-state index contributed by atoms with van der Waals surface area (Å²) in [6, 6.07) is 6.65. The average molecular weight is 294 g/mol. The van der Waals surface area contributed by atoms with E-state index in [1.165, 1.54) is 6.07 Å². The monoisotopic (exact) mass is 294 g/mol. The molecule has 0 unspecified atom stereocenters. The molecular formula is C14H18N2O3S. The van der Waals surface area contributed by atoms with Crippen molar-refractivity contribution in [3.63, 3.8) is 0 Å². The standard InChI is InChI=1S/C14H18N2O3S/c1-11-2-3-13(9-15)8-14(11)20(17,18)16-10-12-4-6-19-7-5-12/h2-3,8,12,16H,4-7,10H2,1H3. The number of sulfonamides is 1. The molecule has 1 heterocycles. The molecule has 1 saturated heterocycles. The van der Waals surface area contributed by atoms with Gasteiger partial charge in [-0.15, -0.1) is 0 Å². The van der Waals surface area contributed by atoms with Crippen LogP contribution in [0.2, 0.25) is 0 Å². The van der Waals surface area contributed by atoms with E-state index in [0.717, 1.165) is 12.8 Å². The molecule has 1 aliphatic rings. The maximum absolute atomic E-state index is 12.3. The molecule has 0 atom stereocenters. The van der Waals surface area contributed by atoms with E-state index in [1.54, 1.807) is 19.1 Å². The fourth-order valence-corrected chi connectivity index (χ4v) is 3.60. The Morgan fingerprint density at radius 1 is 1.40 bits per heavy atom. The molecule has 108 valence electrons. The van der Waals surface area contributed by atoms with Gasteiger partial charge in [-0.05, 0) is 43.4 Å². The molecular weight excluding hydrogens is 276 g/mol. The number of hydrogen-bond acceptors (Lipinski definition) is 4. The van der Waals surface area contributed by atoms with Gasteiger partial charge in [0.2, 0.25) is 10.0 Å². The third-order valence-electron chi connectivity index (χ3n) is 3.51. The van der Waals surface area contributed by atoms with Crippen LogP contribution in [0.5, 0.6) is 0 Å². The van der Waals surface area contributed by atoms with Crippen LogP contribution >= 0.6 is 0 Å². The zero-order valence-electron chi connectivity index (χ0n) is 11.4. The lowest BCUT2D eigenvalue weighted by molar-refractivity contribution is 0.0678. The summed E-state index contributed by atoms with van der Waals surface area (Å²) in [5, 5.41) is 8.87. The van der Waals surface area contributed by atoms with E-state index >= 15 is 0 Å². The molecule has 0 amide bonds. The van der Waals surface area contributed by atoms with E-state index in [1.807, 2.05) is 6.07 Å². The summed E-state index contributed by atoms with van der Waals surface area (Å²) in [7, 11) is -3.56. The molecule has 1 aliphatic heterocycles. The molecule has 0 bridgehead atoms. The number of nitrogens with zero attached hydrogens (tertiary/aromatic N) is 1. The molecule has 2 rings (SSSR count). The van der Waals surface area contributed by atoms with Crippen LogP contribution in [0.1, 0.15) is 24.0 Å². The van der Waals surface area contributed by atoms with Gasteiger partial charge >= 0.3 is 0 Å². The van der Waals surface area contributed by atoms with Crippen LogP contribution in [-0.2, 0) is 14.8 Å². The first kappa shape index (κ1) is 15.0. The Bertz CT molecular complexity index is 614. The maximum atomic E-state index is 12.3. The van der Waals surface area contributed by atoms with Crippen LogP contribution in [0, 0.1) is 24.2 Å². The molecule has 0 spiro atoms. The van der Waals surface area contributed by atoms with Crippen molar-refractivity contribution in [1.82, 2.24) is 4.72 Å². The highest BCUT2D eigenvalue weighted by atomic mass is 32.2. The molecule has 0 saturated carbocycles. The van der Waals surface area contributed by atoms with Crippen molar-refractivity contribution in [3.8, 4) is 6.07 Å². The second-order valence-corrected chi connectivity index (χ2v) is 6.74. The van der Waals surface area contributed by atoms with Gasteiger partial charge in [-0.3, -0.25) is 0 Å². The molecule has 20 heavy (non-hydrogen) atoms. The molecule has 0 aliphatic carbocycles. The zero-order chi connectivity index (χ0) is 14.6. The van der Waals surface area contributed by atoms with Gasteiger partial charge in [-0.2, -0.15) is 5.26 Å². The highest BCUT2D eigenvalue weighted by Crippen LogP contribution is 2.18. The van der Waals surface area contributed by atoms with Crippen molar-refractivity contribution < 1.29 is 13.2 Å². The minimum Gasteiger partial charge on any atom is -0.381 e. The first-order valence-electron chi connectivity index (χ1n) is 6.61. The second-order valence-electron chi connectivity index (χ2n) is 5.00. The van der Waals surface area contributed by atoms with Crippen LogP contribution in [-0.4, -0.2) is 28.2 Å². The SMILES string of the molecule is Cc1ccc(C#N)cc1S(=O)(=O)NCC1CCOCC1. The third-order valence-corrected chi connectivity index (χ3v) is 5.08. The van der Waals surface area contributed by atoms with Crippen LogP contribution in [0.3, 0.4) is 0 Å². The van der Waals surface area contributed by atoms with E-state index in [-0.39, 0.29) is 4.90 Å². The molecule has 0 aromatic heterocycles. The predicted molar refractivity (Wildman–Crippen MR) is 74.6 cm³/mol. The van der Waals surface area contributed by atoms with Crippen molar-refractivity contribution >= 4 is 10.0 Å². The van der Waals surface area contributed by atoms with Gasteiger partial charge in [-0.25, -0.2) is 13.1 Å². The Morgan fingerprint density at radius 3 is 2.75 bits per heavy atom. The Hall–Kier alpha value is -1.42. The predicted octanol–water partition coefficient (Wildman–Crippen LogP) is 1.57. The van der Waals surface area contributed by atoms with E-state index in [9.17, 15) is 8.42 Å². The zero-order valence-corrected chi connectivity index (χ0v) is 12.2. The Labute approximate surface area is 119 Å². The molecule has 1 fully saturated rings. The summed E-state index contributed by atoms with van der Waals surface area (Å²) < 4.78 is 32.5. The minimum atomic E-state index is -3.56.